The molecule has 1 aliphatic heterocycles. The zero-order valence-corrected chi connectivity index (χ0v) is 13.0. The van der Waals surface area contributed by atoms with E-state index in [0.29, 0.717) is 0 Å². The number of likely N-dealkylation sites (tertiary alicyclic amines) is 1. The van der Waals surface area contributed by atoms with Gasteiger partial charge in [0.1, 0.15) is 17.9 Å². The first-order valence-electron chi connectivity index (χ1n) is 7.55. The normalized spacial score (nSPS) is 22.1. The Kier molecular flexibility index (Phi) is 4.70. The van der Waals surface area contributed by atoms with Crippen LogP contribution in [0, 0.1) is 0 Å². The second-order valence-electron chi connectivity index (χ2n) is 5.57. The molecule has 0 saturated carbocycles. The van der Waals surface area contributed by atoms with Crippen LogP contribution in [0.4, 0.5) is 0 Å². The summed E-state index contributed by atoms with van der Waals surface area (Å²) in [6.07, 6.45) is 3.77. The molecule has 1 aliphatic rings. The average molecular weight is 302 g/mol. The van der Waals surface area contributed by atoms with E-state index in [1.54, 1.807) is 20.5 Å². The fourth-order valence-electron chi connectivity index (χ4n) is 3.00. The van der Waals surface area contributed by atoms with Crippen LogP contribution in [0.25, 0.3) is 0 Å². The van der Waals surface area contributed by atoms with E-state index in [1.807, 2.05) is 12.1 Å². The van der Waals surface area contributed by atoms with E-state index < -0.39 is 0 Å². The van der Waals surface area contributed by atoms with E-state index >= 15 is 0 Å². The summed E-state index contributed by atoms with van der Waals surface area (Å²) >= 11 is 0. The van der Waals surface area contributed by atoms with E-state index in [1.165, 1.54) is 5.56 Å². The fraction of sp³-hybridized carbons (Fsp3) is 0.500. The summed E-state index contributed by atoms with van der Waals surface area (Å²) in [6, 6.07) is 8.50. The molecule has 1 saturated heterocycles. The maximum absolute atomic E-state index is 5.53. The second-order valence-corrected chi connectivity index (χ2v) is 5.57. The molecule has 22 heavy (non-hydrogen) atoms. The number of hydrogen-bond acceptors (Lipinski definition) is 5. The van der Waals surface area contributed by atoms with Crippen molar-refractivity contribution in [3.63, 3.8) is 0 Å². The number of nitrogens with one attached hydrogen (secondary N) is 1. The van der Waals surface area contributed by atoms with Crippen molar-refractivity contribution in [2.45, 2.75) is 25.0 Å². The molecule has 0 unspecified atom stereocenters. The van der Waals surface area contributed by atoms with E-state index in [-0.39, 0.29) is 12.1 Å². The van der Waals surface area contributed by atoms with Crippen LogP contribution in [0.5, 0.6) is 5.75 Å². The van der Waals surface area contributed by atoms with Gasteiger partial charge in [-0.1, -0.05) is 12.1 Å². The summed E-state index contributed by atoms with van der Waals surface area (Å²) in [5.74, 6) is 1.82. The van der Waals surface area contributed by atoms with E-state index in [0.717, 1.165) is 37.5 Å². The number of aromatic nitrogens is 3. The first-order chi connectivity index (χ1) is 10.8. The van der Waals surface area contributed by atoms with Crippen molar-refractivity contribution in [2.24, 2.45) is 0 Å². The topological polar surface area (TPSA) is 63.3 Å². The highest BCUT2D eigenvalue weighted by Crippen LogP contribution is 2.31. The third-order valence-corrected chi connectivity index (χ3v) is 4.29. The Balaban J connectivity index is 1.64. The molecule has 118 valence electrons. The molecule has 2 aromatic rings. The average Bonchev–Trinajstić information content (AvgIpc) is 3.22. The smallest absolute Gasteiger partial charge is 0.141 e. The second kappa shape index (κ2) is 6.89. The molecule has 0 amide bonds. The molecular formula is C16H22N4O2. The molecule has 2 atom stereocenters. The molecule has 3 rings (SSSR count). The van der Waals surface area contributed by atoms with Gasteiger partial charge in [-0.3, -0.25) is 10.00 Å². The molecule has 1 aromatic carbocycles. The Morgan fingerprint density at radius 2 is 2.09 bits per heavy atom. The lowest BCUT2D eigenvalue weighted by atomic mass is 10.1. The molecular weight excluding hydrogens is 280 g/mol. The first-order valence-corrected chi connectivity index (χ1v) is 7.55. The molecule has 0 bridgehead atoms. The van der Waals surface area contributed by atoms with Crippen LogP contribution in [0.2, 0.25) is 0 Å². The number of nitrogens with zero attached hydrogens (tertiary/aromatic N) is 3. The highest BCUT2D eigenvalue weighted by Gasteiger charge is 2.34. The SMILES string of the molecule is COc1ccc(CCN2C[C@H](OC)C[C@H]2c2ncn[nH]2)cc1. The van der Waals surface area contributed by atoms with Gasteiger partial charge in [0.25, 0.3) is 0 Å². The summed E-state index contributed by atoms with van der Waals surface area (Å²) in [5.41, 5.74) is 1.30. The fourth-order valence-corrected chi connectivity index (χ4v) is 3.00. The van der Waals surface area contributed by atoms with Gasteiger partial charge in [-0.15, -0.1) is 0 Å². The predicted molar refractivity (Wildman–Crippen MR) is 82.8 cm³/mol. The van der Waals surface area contributed by atoms with E-state index in [2.05, 4.69) is 32.2 Å². The summed E-state index contributed by atoms with van der Waals surface area (Å²) in [4.78, 5) is 6.73. The van der Waals surface area contributed by atoms with Crippen LogP contribution in [0.3, 0.4) is 0 Å². The van der Waals surface area contributed by atoms with Crippen molar-refractivity contribution >= 4 is 0 Å². The van der Waals surface area contributed by atoms with Gasteiger partial charge in [0, 0.05) is 20.2 Å². The number of H-pyrrole nitrogens is 1. The predicted octanol–water partition coefficient (Wildman–Crippen LogP) is 1.82. The summed E-state index contributed by atoms with van der Waals surface area (Å²) in [7, 11) is 3.46. The molecule has 6 heteroatoms. The molecule has 2 heterocycles. The van der Waals surface area contributed by atoms with Crippen LogP contribution in [-0.2, 0) is 11.2 Å². The van der Waals surface area contributed by atoms with Crippen molar-refractivity contribution in [2.75, 3.05) is 27.3 Å². The summed E-state index contributed by atoms with van der Waals surface area (Å²) in [6.45, 7) is 1.90. The van der Waals surface area contributed by atoms with Crippen LogP contribution in [0.15, 0.2) is 30.6 Å². The van der Waals surface area contributed by atoms with Gasteiger partial charge in [-0.05, 0) is 30.5 Å². The number of hydrogen-bond donors (Lipinski definition) is 1. The van der Waals surface area contributed by atoms with Gasteiger partial charge in [0.2, 0.25) is 0 Å². The minimum atomic E-state index is 0.255. The minimum Gasteiger partial charge on any atom is -0.497 e. The Hall–Kier alpha value is -1.92. The largest absolute Gasteiger partial charge is 0.497 e. The quantitative estimate of drug-likeness (QED) is 0.882. The first kappa shape index (κ1) is 15.0. The van der Waals surface area contributed by atoms with Crippen molar-refractivity contribution in [3.8, 4) is 5.75 Å². The molecule has 0 radical (unpaired) electrons. The van der Waals surface area contributed by atoms with Crippen molar-refractivity contribution in [1.29, 1.82) is 0 Å². The third-order valence-electron chi connectivity index (χ3n) is 4.29. The standard InChI is InChI=1S/C16H22N4O2/c1-21-13-5-3-12(4-6-13)7-8-20-10-14(22-2)9-15(20)16-17-11-18-19-16/h3-6,11,14-15H,7-10H2,1-2H3,(H,17,18,19)/t14-,15+/m1/s1. The maximum atomic E-state index is 5.53. The molecule has 1 N–H and O–H groups in total. The third kappa shape index (κ3) is 3.28. The Morgan fingerprint density at radius 1 is 1.27 bits per heavy atom. The highest BCUT2D eigenvalue weighted by atomic mass is 16.5. The number of rotatable bonds is 6. The van der Waals surface area contributed by atoms with Gasteiger partial charge in [0.15, 0.2) is 0 Å². The summed E-state index contributed by atoms with van der Waals surface area (Å²) < 4.78 is 10.7. The maximum Gasteiger partial charge on any atom is 0.141 e. The van der Waals surface area contributed by atoms with Crippen molar-refractivity contribution in [3.05, 3.63) is 42.0 Å². The Morgan fingerprint density at radius 3 is 2.73 bits per heavy atom. The highest BCUT2D eigenvalue weighted by molar-refractivity contribution is 5.27. The van der Waals surface area contributed by atoms with Gasteiger partial charge in [-0.2, -0.15) is 5.10 Å². The van der Waals surface area contributed by atoms with Gasteiger partial charge in [0.05, 0.1) is 19.3 Å². The Labute approximate surface area is 130 Å². The number of aromatic amines is 1. The molecule has 0 spiro atoms. The molecule has 6 nitrogen and oxygen atoms in total. The van der Waals surface area contributed by atoms with E-state index in [9.17, 15) is 0 Å². The number of ether oxygens (including phenoxy) is 2. The lowest BCUT2D eigenvalue weighted by Gasteiger charge is -2.22. The van der Waals surface area contributed by atoms with Crippen LogP contribution >= 0.6 is 0 Å². The lowest BCUT2D eigenvalue weighted by molar-refractivity contribution is 0.108. The monoisotopic (exact) mass is 302 g/mol. The Bertz CT molecular complexity index is 570. The molecule has 1 fully saturated rings. The number of methoxy groups -OCH3 is 2. The van der Waals surface area contributed by atoms with Crippen LogP contribution < -0.4 is 4.74 Å². The van der Waals surface area contributed by atoms with Crippen LogP contribution in [0.1, 0.15) is 23.9 Å². The van der Waals surface area contributed by atoms with Gasteiger partial charge in [-0.25, -0.2) is 4.98 Å². The molecule has 0 aliphatic carbocycles. The van der Waals surface area contributed by atoms with Crippen molar-refractivity contribution < 1.29 is 9.47 Å². The van der Waals surface area contributed by atoms with Gasteiger partial charge >= 0.3 is 0 Å². The summed E-state index contributed by atoms with van der Waals surface area (Å²) in [5, 5.41) is 6.96. The zero-order valence-electron chi connectivity index (χ0n) is 13.0. The minimum absolute atomic E-state index is 0.255. The lowest BCUT2D eigenvalue weighted by Crippen LogP contribution is -2.28. The molecule has 1 aromatic heterocycles. The van der Waals surface area contributed by atoms with Crippen LogP contribution in [-0.4, -0.2) is 53.5 Å². The van der Waals surface area contributed by atoms with Gasteiger partial charge < -0.3 is 9.47 Å². The number of benzene rings is 1. The van der Waals surface area contributed by atoms with Crippen molar-refractivity contribution in [1.82, 2.24) is 20.1 Å². The zero-order chi connectivity index (χ0) is 15.4. The van der Waals surface area contributed by atoms with E-state index in [4.69, 9.17) is 9.47 Å².